The summed E-state index contributed by atoms with van der Waals surface area (Å²) in [5.41, 5.74) is 0.560. The van der Waals surface area contributed by atoms with E-state index in [1.54, 1.807) is 12.1 Å². The Balaban J connectivity index is 2.54. The van der Waals surface area contributed by atoms with Crippen molar-refractivity contribution in [3.05, 3.63) is 34.7 Å². The van der Waals surface area contributed by atoms with Gasteiger partial charge in [0.1, 0.15) is 22.7 Å². The van der Waals surface area contributed by atoms with Crippen LogP contribution in [-0.2, 0) is 0 Å². The van der Waals surface area contributed by atoms with E-state index in [1.165, 1.54) is 19.2 Å². The lowest BCUT2D eigenvalue weighted by Crippen LogP contribution is -1.88. The topological polar surface area (TPSA) is 61.7 Å². The lowest BCUT2D eigenvalue weighted by Gasteiger charge is -2.03. The fraction of sp³-hybridized carbons (Fsp3) is 0.0909. The van der Waals surface area contributed by atoms with Gasteiger partial charge in [-0.3, -0.25) is 5.10 Å². The highest BCUT2D eigenvalue weighted by Gasteiger charge is 2.15. The third-order valence-electron chi connectivity index (χ3n) is 2.26. The van der Waals surface area contributed by atoms with Crippen molar-refractivity contribution in [2.75, 3.05) is 7.11 Å². The molecule has 0 amide bonds. The van der Waals surface area contributed by atoms with Gasteiger partial charge in [-0.1, -0.05) is 11.6 Å². The van der Waals surface area contributed by atoms with Crippen LogP contribution in [0.15, 0.2) is 18.2 Å². The molecule has 1 aromatic carbocycles. The number of aromatic nitrogens is 2. The van der Waals surface area contributed by atoms with E-state index in [-0.39, 0.29) is 22.0 Å². The number of methoxy groups -OCH3 is 1. The highest BCUT2D eigenvalue weighted by atomic mass is 35.5. The third-order valence-corrected chi connectivity index (χ3v) is 2.63. The van der Waals surface area contributed by atoms with Crippen molar-refractivity contribution in [3.63, 3.8) is 0 Å². The van der Waals surface area contributed by atoms with E-state index in [0.717, 1.165) is 0 Å². The average molecular weight is 252 g/mol. The molecule has 0 aliphatic carbocycles. The smallest absolute Gasteiger partial charge is 0.181 e. The zero-order valence-corrected chi connectivity index (χ0v) is 9.55. The van der Waals surface area contributed by atoms with Gasteiger partial charge in [0.2, 0.25) is 0 Å². The number of nitriles is 1. The molecule has 2 aromatic rings. The Kier molecular flexibility index (Phi) is 2.98. The van der Waals surface area contributed by atoms with Crippen LogP contribution < -0.4 is 4.74 Å². The minimum Gasteiger partial charge on any atom is -0.497 e. The summed E-state index contributed by atoms with van der Waals surface area (Å²) in [4.78, 5) is 0. The number of rotatable bonds is 2. The van der Waals surface area contributed by atoms with E-state index < -0.39 is 5.82 Å². The van der Waals surface area contributed by atoms with Gasteiger partial charge in [0.25, 0.3) is 0 Å². The summed E-state index contributed by atoms with van der Waals surface area (Å²) in [6, 6.07) is 6.15. The minimum atomic E-state index is -0.501. The Morgan fingerprint density at radius 2 is 2.29 bits per heavy atom. The van der Waals surface area contributed by atoms with Crippen LogP contribution >= 0.6 is 11.6 Å². The molecule has 1 aromatic heterocycles. The van der Waals surface area contributed by atoms with Crippen LogP contribution in [0.5, 0.6) is 5.75 Å². The predicted molar refractivity (Wildman–Crippen MR) is 60.3 cm³/mol. The molecule has 2 rings (SSSR count). The van der Waals surface area contributed by atoms with Gasteiger partial charge in [0, 0.05) is 11.6 Å². The van der Waals surface area contributed by atoms with Gasteiger partial charge in [0.15, 0.2) is 5.69 Å². The van der Waals surface area contributed by atoms with Crippen molar-refractivity contribution < 1.29 is 9.13 Å². The Morgan fingerprint density at radius 1 is 1.53 bits per heavy atom. The SMILES string of the molecule is COc1ccc(-c2[nH]nc(C#N)c2Cl)c(F)c1. The number of hydrogen-bond donors (Lipinski definition) is 1. The first-order chi connectivity index (χ1) is 8.17. The standard InChI is InChI=1S/C11H7ClFN3O/c1-17-6-2-3-7(8(13)4-6)11-10(12)9(5-14)15-16-11/h2-4H,1H3,(H,15,16). The van der Waals surface area contributed by atoms with Crippen molar-refractivity contribution in [1.82, 2.24) is 10.2 Å². The number of H-pyrrole nitrogens is 1. The fourth-order valence-corrected chi connectivity index (χ4v) is 1.64. The molecule has 0 fully saturated rings. The number of halogens is 2. The van der Waals surface area contributed by atoms with Crippen molar-refractivity contribution >= 4 is 11.6 Å². The second-order valence-corrected chi connectivity index (χ2v) is 3.60. The molecule has 0 atom stereocenters. The van der Waals surface area contributed by atoms with Crippen LogP contribution in [0.25, 0.3) is 11.3 Å². The zero-order valence-electron chi connectivity index (χ0n) is 8.79. The van der Waals surface area contributed by atoms with E-state index in [2.05, 4.69) is 10.2 Å². The van der Waals surface area contributed by atoms with E-state index >= 15 is 0 Å². The number of aromatic amines is 1. The molecule has 86 valence electrons. The lowest BCUT2D eigenvalue weighted by atomic mass is 10.1. The van der Waals surface area contributed by atoms with E-state index in [0.29, 0.717) is 5.75 Å². The Bertz CT molecular complexity index is 603. The van der Waals surface area contributed by atoms with Gasteiger partial charge in [-0.25, -0.2) is 4.39 Å². The van der Waals surface area contributed by atoms with Gasteiger partial charge in [-0.05, 0) is 12.1 Å². The molecule has 0 saturated carbocycles. The van der Waals surface area contributed by atoms with Crippen LogP contribution in [0.1, 0.15) is 5.69 Å². The summed E-state index contributed by atoms with van der Waals surface area (Å²) in [7, 11) is 1.45. The van der Waals surface area contributed by atoms with E-state index in [9.17, 15) is 4.39 Å². The number of hydrogen-bond acceptors (Lipinski definition) is 3. The average Bonchev–Trinajstić information content (AvgIpc) is 2.70. The van der Waals surface area contributed by atoms with Crippen molar-refractivity contribution in [3.8, 4) is 23.1 Å². The Labute approximate surface area is 102 Å². The largest absolute Gasteiger partial charge is 0.497 e. The molecule has 0 aliphatic rings. The summed E-state index contributed by atoms with van der Waals surface area (Å²) >= 11 is 5.89. The van der Waals surface area contributed by atoms with Crippen molar-refractivity contribution in [1.29, 1.82) is 5.26 Å². The fourth-order valence-electron chi connectivity index (χ4n) is 1.41. The quantitative estimate of drug-likeness (QED) is 0.893. The second kappa shape index (κ2) is 4.44. The molecule has 0 bridgehead atoms. The van der Waals surface area contributed by atoms with Gasteiger partial charge in [0.05, 0.1) is 12.8 Å². The lowest BCUT2D eigenvalue weighted by molar-refractivity contribution is 0.411. The second-order valence-electron chi connectivity index (χ2n) is 3.22. The maximum Gasteiger partial charge on any atom is 0.181 e. The maximum absolute atomic E-state index is 13.7. The molecular formula is C11H7ClFN3O. The number of nitrogens with one attached hydrogen (secondary N) is 1. The molecule has 17 heavy (non-hydrogen) atoms. The molecule has 0 saturated heterocycles. The first kappa shape index (κ1) is 11.4. The molecule has 0 aliphatic heterocycles. The summed E-state index contributed by atoms with van der Waals surface area (Å²) in [5.74, 6) is -0.0956. The van der Waals surface area contributed by atoms with Crippen LogP contribution in [0.4, 0.5) is 4.39 Å². The first-order valence-electron chi connectivity index (χ1n) is 4.65. The van der Waals surface area contributed by atoms with Gasteiger partial charge < -0.3 is 4.74 Å². The monoisotopic (exact) mass is 251 g/mol. The molecular weight excluding hydrogens is 245 g/mol. The summed E-state index contributed by atoms with van der Waals surface area (Å²) < 4.78 is 18.6. The number of ether oxygens (including phenoxy) is 1. The van der Waals surface area contributed by atoms with Gasteiger partial charge in [-0.15, -0.1) is 0 Å². The van der Waals surface area contributed by atoms with E-state index in [4.69, 9.17) is 21.6 Å². The molecule has 0 radical (unpaired) electrons. The molecule has 6 heteroatoms. The van der Waals surface area contributed by atoms with Crippen molar-refractivity contribution in [2.45, 2.75) is 0 Å². The Hall–Kier alpha value is -2.06. The highest BCUT2D eigenvalue weighted by Crippen LogP contribution is 2.31. The molecule has 0 unspecified atom stereocenters. The first-order valence-corrected chi connectivity index (χ1v) is 5.03. The Morgan fingerprint density at radius 3 is 2.82 bits per heavy atom. The minimum absolute atomic E-state index is 0.0388. The molecule has 0 spiro atoms. The van der Waals surface area contributed by atoms with Gasteiger partial charge in [-0.2, -0.15) is 10.4 Å². The number of benzene rings is 1. The highest BCUT2D eigenvalue weighted by molar-refractivity contribution is 6.34. The normalized spacial score (nSPS) is 10.0. The van der Waals surface area contributed by atoms with Crippen LogP contribution in [-0.4, -0.2) is 17.3 Å². The van der Waals surface area contributed by atoms with Crippen molar-refractivity contribution in [2.24, 2.45) is 0 Å². The van der Waals surface area contributed by atoms with Gasteiger partial charge >= 0.3 is 0 Å². The number of nitrogens with zero attached hydrogens (tertiary/aromatic N) is 2. The molecule has 1 N–H and O–H groups in total. The molecule has 4 nitrogen and oxygen atoms in total. The van der Waals surface area contributed by atoms with Crippen LogP contribution in [0.2, 0.25) is 5.02 Å². The van der Waals surface area contributed by atoms with Crippen LogP contribution in [0.3, 0.4) is 0 Å². The predicted octanol–water partition coefficient (Wildman–Crippen LogP) is 2.75. The zero-order chi connectivity index (χ0) is 12.4. The maximum atomic E-state index is 13.7. The summed E-state index contributed by atoms with van der Waals surface area (Å²) in [6.07, 6.45) is 0. The summed E-state index contributed by atoms with van der Waals surface area (Å²) in [6.45, 7) is 0. The van der Waals surface area contributed by atoms with E-state index in [1.807, 2.05) is 0 Å². The molecule has 1 heterocycles. The third kappa shape index (κ3) is 1.95. The van der Waals surface area contributed by atoms with Crippen LogP contribution in [0, 0.1) is 17.1 Å². The summed E-state index contributed by atoms with van der Waals surface area (Å²) in [5, 5.41) is 15.0.